The number of aromatic nitrogens is 1. The van der Waals surface area contributed by atoms with Crippen LogP contribution in [-0.2, 0) is 6.42 Å². The van der Waals surface area contributed by atoms with Crippen LogP contribution >= 0.6 is 15.9 Å². The average molecular weight is 308 g/mol. The summed E-state index contributed by atoms with van der Waals surface area (Å²) in [5.74, 6) is -0.780. The lowest BCUT2D eigenvalue weighted by Crippen LogP contribution is -2.07. The van der Waals surface area contributed by atoms with Gasteiger partial charge in [-0.1, -0.05) is 22.0 Å². The molecule has 2 rings (SSSR count). The second-order valence-corrected chi connectivity index (χ2v) is 4.97. The van der Waals surface area contributed by atoms with Gasteiger partial charge in [0.1, 0.15) is 5.82 Å². The lowest BCUT2D eigenvalue weighted by Gasteiger charge is -2.03. The van der Waals surface area contributed by atoms with Crippen LogP contribution in [0.3, 0.4) is 0 Å². The minimum atomic E-state index is -0.513. The molecule has 0 radical (unpaired) electrons. The van der Waals surface area contributed by atoms with Crippen LogP contribution in [0.5, 0.6) is 0 Å². The molecule has 2 aromatic rings. The summed E-state index contributed by atoms with van der Waals surface area (Å²) in [7, 11) is 0. The van der Waals surface area contributed by atoms with E-state index in [-0.39, 0.29) is 17.8 Å². The standard InChI is InChI=1S/C14H11BrFNO/c1-9-2-4-11(17-8-9)7-14(18)12-5-3-10(15)6-13(12)16/h2-6,8H,7H2,1H3. The van der Waals surface area contributed by atoms with E-state index in [1.165, 1.54) is 12.1 Å². The highest BCUT2D eigenvalue weighted by molar-refractivity contribution is 9.10. The third-order valence-corrected chi connectivity index (χ3v) is 3.04. The zero-order valence-electron chi connectivity index (χ0n) is 9.78. The van der Waals surface area contributed by atoms with Crippen molar-refractivity contribution >= 4 is 21.7 Å². The van der Waals surface area contributed by atoms with Crippen LogP contribution in [0.4, 0.5) is 4.39 Å². The number of aryl methyl sites for hydroxylation is 1. The van der Waals surface area contributed by atoms with Gasteiger partial charge >= 0.3 is 0 Å². The Morgan fingerprint density at radius 1 is 1.33 bits per heavy atom. The first kappa shape index (κ1) is 12.9. The molecule has 4 heteroatoms. The third-order valence-electron chi connectivity index (χ3n) is 2.55. The van der Waals surface area contributed by atoms with Crippen molar-refractivity contribution in [2.24, 2.45) is 0 Å². The number of carbonyl (C=O) groups is 1. The van der Waals surface area contributed by atoms with Gasteiger partial charge in [-0.2, -0.15) is 0 Å². The first-order valence-corrected chi connectivity index (χ1v) is 6.25. The smallest absolute Gasteiger partial charge is 0.171 e. The van der Waals surface area contributed by atoms with E-state index in [0.29, 0.717) is 10.2 Å². The summed E-state index contributed by atoms with van der Waals surface area (Å²) in [6.07, 6.45) is 1.80. The Bertz CT molecular complexity index is 581. The van der Waals surface area contributed by atoms with Crippen molar-refractivity contribution in [2.45, 2.75) is 13.3 Å². The summed E-state index contributed by atoms with van der Waals surface area (Å²) in [6, 6.07) is 8.09. The number of carbonyl (C=O) groups excluding carboxylic acids is 1. The average Bonchev–Trinajstić information content (AvgIpc) is 2.32. The van der Waals surface area contributed by atoms with Gasteiger partial charge in [-0.05, 0) is 36.8 Å². The number of Topliss-reactive ketones (excluding diaryl/α,β-unsaturated/α-hetero) is 1. The SMILES string of the molecule is Cc1ccc(CC(=O)c2ccc(Br)cc2F)nc1. The maximum atomic E-state index is 13.6. The predicted molar refractivity (Wildman–Crippen MR) is 71.1 cm³/mol. The van der Waals surface area contributed by atoms with E-state index in [1.807, 2.05) is 13.0 Å². The third kappa shape index (κ3) is 3.01. The van der Waals surface area contributed by atoms with Crippen LogP contribution < -0.4 is 0 Å². The van der Waals surface area contributed by atoms with E-state index in [2.05, 4.69) is 20.9 Å². The minimum Gasteiger partial charge on any atom is -0.294 e. The molecule has 0 N–H and O–H groups in total. The molecule has 0 aliphatic rings. The maximum Gasteiger partial charge on any atom is 0.171 e. The molecule has 1 heterocycles. The topological polar surface area (TPSA) is 30.0 Å². The number of pyridine rings is 1. The number of halogens is 2. The van der Waals surface area contributed by atoms with E-state index >= 15 is 0 Å². The van der Waals surface area contributed by atoms with Crippen molar-refractivity contribution < 1.29 is 9.18 Å². The van der Waals surface area contributed by atoms with Gasteiger partial charge in [-0.3, -0.25) is 9.78 Å². The number of nitrogens with zero attached hydrogens (tertiary/aromatic N) is 1. The van der Waals surface area contributed by atoms with Crippen molar-refractivity contribution in [1.29, 1.82) is 0 Å². The summed E-state index contributed by atoms with van der Waals surface area (Å²) in [6.45, 7) is 1.92. The zero-order chi connectivity index (χ0) is 13.1. The van der Waals surface area contributed by atoms with Crippen LogP contribution in [-0.4, -0.2) is 10.8 Å². The Kier molecular flexibility index (Phi) is 3.87. The number of ketones is 1. The van der Waals surface area contributed by atoms with Crippen molar-refractivity contribution in [1.82, 2.24) is 4.98 Å². The molecule has 0 aliphatic heterocycles. The Morgan fingerprint density at radius 2 is 2.11 bits per heavy atom. The molecular weight excluding hydrogens is 297 g/mol. The molecule has 0 atom stereocenters. The number of rotatable bonds is 3. The van der Waals surface area contributed by atoms with Crippen molar-refractivity contribution in [3.63, 3.8) is 0 Å². The second kappa shape index (κ2) is 5.40. The summed E-state index contributed by atoms with van der Waals surface area (Å²) in [4.78, 5) is 16.1. The highest BCUT2D eigenvalue weighted by Crippen LogP contribution is 2.17. The van der Waals surface area contributed by atoms with Gasteiger partial charge in [-0.15, -0.1) is 0 Å². The molecule has 1 aromatic heterocycles. The normalized spacial score (nSPS) is 10.4. The quantitative estimate of drug-likeness (QED) is 0.809. The molecule has 2 nitrogen and oxygen atoms in total. The van der Waals surface area contributed by atoms with E-state index < -0.39 is 5.82 Å². The lowest BCUT2D eigenvalue weighted by molar-refractivity contribution is 0.0988. The monoisotopic (exact) mass is 307 g/mol. The largest absolute Gasteiger partial charge is 0.294 e. The number of hydrogen-bond acceptors (Lipinski definition) is 2. The van der Waals surface area contributed by atoms with Crippen LogP contribution in [0, 0.1) is 12.7 Å². The molecule has 0 spiro atoms. The Morgan fingerprint density at radius 3 is 2.72 bits per heavy atom. The molecule has 0 saturated carbocycles. The van der Waals surface area contributed by atoms with E-state index in [1.54, 1.807) is 18.3 Å². The fourth-order valence-corrected chi connectivity index (χ4v) is 1.91. The Balaban J connectivity index is 2.19. The van der Waals surface area contributed by atoms with Crippen molar-refractivity contribution in [2.75, 3.05) is 0 Å². The summed E-state index contributed by atoms with van der Waals surface area (Å²) in [5.41, 5.74) is 1.77. The van der Waals surface area contributed by atoms with Gasteiger partial charge < -0.3 is 0 Å². The highest BCUT2D eigenvalue weighted by Gasteiger charge is 2.13. The molecule has 92 valence electrons. The molecule has 1 aromatic carbocycles. The van der Waals surface area contributed by atoms with Crippen LogP contribution in [0.2, 0.25) is 0 Å². The van der Waals surface area contributed by atoms with Crippen LogP contribution in [0.1, 0.15) is 21.6 Å². The van der Waals surface area contributed by atoms with Crippen LogP contribution in [0.25, 0.3) is 0 Å². The number of hydrogen-bond donors (Lipinski definition) is 0. The maximum absolute atomic E-state index is 13.6. The van der Waals surface area contributed by atoms with Crippen molar-refractivity contribution in [3.8, 4) is 0 Å². The molecule has 0 fully saturated rings. The fraction of sp³-hybridized carbons (Fsp3) is 0.143. The van der Waals surface area contributed by atoms with E-state index in [9.17, 15) is 9.18 Å². The molecule has 0 saturated heterocycles. The predicted octanol–water partition coefficient (Wildman–Crippen LogP) is 3.72. The van der Waals surface area contributed by atoms with Gasteiger partial charge in [-0.25, -0.2) is 4.39 Å². The van der Waals surface area contributed by atoms with Crippen molar-refractivity contribution in [3.05, 3.63) is 63.6 Å². The number of benzene rings is 1. The van der Waals surface area contributed by atoms with Gasteiger partial charge in [0.2, 0.25) is 0 Å². The molecule has 0 amide bonds. The van der Waals surface area contributed by atoms with Gasteiger partial charge in [0.05, 0.1) is 12.0 Å². The molecule has 0 unspecified atom stereocenters. The van der Waals surface area contributed by atoms with Gasteiger partial charge in [0.15, 0.2) is 5.78 Å². The lowest BCUT2D eigenvalue weighted by atomic mass is 10.1. The molecular formula is C14H11BrFNO. The Labute approximate surface area is 113 Å². The molecule has 18 heavy (non-hydrogen) atoms. The first-order chi connectivity index (χ1) is 8.56. The summed E-state index contributed by atoms with van der Waals surface area (Å²) >= 11 is 3.16. The summed E-state index contributed by atoms with van der Waals surface area (Å²) in [5, 5.41) is 0. The molecule has 0 aliphatic carbocycles. The second-order valence-electron chi connectivity index (χ2n) is 4.05. The zero-order valence-corrected chi connectivity index (χ0v) is 11.4. The van der Waals surface area contributed by atoms with Gasteiger partial charge in [0, 0.05) is 16.4 Å². The molecule has 0 bridgehead atoms. The van der Waals surface area contributed by atoms with Gasteiger partial charge in [0.25, 0.3) is 0 Å². The summed E-state index contributed by atoms with van der Waals surface area (Å²) < 4.78 is 14.2. The highest BCUT2D eigenvalue weighted by atomic mass is 79.9. The fourth-order valence-electron chi connectivity index (χ4n) is 1.58. The van der Waals surface area contributed by atoms with E-state index in [4.69, 9.17) is 0 Å². The van der Waals surface area contributed by atoms with Crippen LogP contribution in [0.15, 0.2) is 41.0 Å². The van der Waals surface area contributed by atoms with E-state index in [0.717, 1.165) is 5.56 Å². The minimum absolute atomic E-state index is 0.0978. The Hall–Kier alpha value is -1.55. The first-order valence-electron chi connectivity index (χ1n) is 5.46.